The van der Waals surface area contributed by atoms with Crippen molar-refractivity contribution in [3.05, 3.63) is 0 Å². The van der Waals surface area contributed by atoms with E-state index >= 15 is 0 Å². The van der Waals surface area contributed by atoms with E-state index in [-0.39, 0.29) is 22.0 Å². The number of rotatable bonds is 7. The molecule has 1 rings (SSSR count). The lowest BCUT2D eigenvalue weighted by molar-refractivity contribution is -0.137. The molecular weight excluding hydrogens is 290 g/mol. The van der Waals surface area contributed by atoms with Gasteiger partial charge in [0.2, 0.25) is 0 Å². The molecule has 120 valence electrons. The number of ether oxygens (including phenoxy) is 2. The standard InChI is InChI=1S/C15H25NO4S/c1-5-19-12(20-6-2)9-16-14(21)13-10(17)7-15(3,4)8-11(13)18/h12-13H,5-9H2,1-4H3,(H,16,21). The molecule has 0 aliphatic heterocycles. The molecule has 0 bridgehead atoms. The van der Waals surface area contributed by atoms with Gasteiger partial charge in [-0.1, -0.05) is 26.1 Å². The number of carbonyl (C=O) groups excluding carboxylic acids is 2. The summed E-state index contributed by atoms with van der Waals surface area (Å²) in [7, 11) is 0. The van der Waals surface area contributed by atoms with Gasteiger partial charge in [-0.2, -0.15) is 0 Å². The van der Waals surface area contributed by atoms with Gasteiger partial charge in [0.15, 0.2) is 17.9 Å². The van der Waals surface area contributed by atoms with Crippen LogP contribution in [-0.4, -0.2) is 42.6 Å². The molecule has 1 saturated carbocycles. The lowest BCUT2D eigenvalue weighted by Crippen LogP contribution is -2.47. The fourth-order valence-electron chi connectivity index (χ4n) is 2.51. The average Bonchev–Trinajstić information content (AvgIpc) is 2.34. The van der Waals surface area contributed by atoms with Gasteiger partial charge in [-0.05, 0) is 19.3 Å². The first-order chi connectivity index (χ1) is 9.80. The Labute approximate surface area is 131 Å². The molecule has 0 aromatic carbocycles. The summed E-state index contributed by atoms with van der Waals surface area (Å²) in [5.74, 6) is -1.01. The zero-order valence-corrected chi connectivity index (χ0v) is 14.0. The van der Waals surface area contributed by atoms with Gasteiger partial charge in [-0.3, -0.25) is 9.59 Å². The quantitative estimate of drug-likeness (QED) is 0.440. The molecule has 0 heterocycles. The summed E-state index contributed by atoms with van der Waals surface area (Å²) in [5.41, 5.74) is -0.264. The number of hydrogen-bond acceptors (Lipinski definition) is 5. The van der Waals surface area contributed by atoms with E-state index < -0.39 is 12.2 Å². The summed E-state index contributed by atoms with van der Waals surface area (Å²) in [6.45, 7) is 8.98. The largest absolute Gasteiger partial charge is 0.374 e. The second-order valence-corrected chi connectivity index (χ2v) is 6.41. The van der Waals surface area contributed by atoms with E-state index in [0.717, 1.165) is 0 Å². The Morgan fingerprint density at radius 1 is 1.24 bits per heavy atom. The van der Waals surface area contributed by atoms with Crippen LogP contribution in [0.25, 0.3) is 0 Å². The van der Waals surface area contributed by atoms with Crippen LogP contribution in [0.1, 0.15) is 40.5 Å². The van der Waals surface area contributed by atoms with Crippen molar-refractivity contribution >= 4 is 28.8 Å². The van der Waals surface area contributed by atoms with Crippen molar-refractivity contribution in [2.24, 2.45) is 11.3 Å². The van der Waals surface area contributed by atoms with Crippen LogP contribution in [0.4, 0.5) is 0 Å². The number of ketones is 2. The molecule has 0 saturated heterocycles. The Kier molecular flexibility index (Phi) is 6.90. The van der Waals surface area contributed by atoms with E-state index in [4.69, 9.17) is 21.7 Å². The Morgan fingerprint density at radius 3 is 2.14 bits per heavy atom. The van der Waals surface area contributed by atoms with Crippen molar-refractivity contribution in [2.75, 3.05) is 19.8 Å². The second kappa shape index (κ2) is 7.96. The molecule has 1 aliphatic carbocycles. The van der Waals surface area contributed by atoms with E-state index in [1.807, 2.05) is 27.7 Å². The fraction of sp³-hybridized carbons (Fsp3) is 0.800. The lowest BCUT2D eigenvalue weighted by Gasteiger charge is -2.32. The Hall–Kier alpha value is -0.850. The van der Waals surface area contributed by atoms with Gasteiger partial charge < -0.3 is 14.8 Å². The van der Waals surface area contributed by atoms with Gasteiger partial charge in [0.25, 0.3) is 0 Å². The molecule has 1 fully saturated rings. The number of carbonyl (C=O) groups is 2. The average molecular weight is 315 g/mol. The summed E-state index contributed by atoms with van der Waals surface area (Å²) in [6, 6.07) is 0. The monoisotopic (exact) mass is 315 g/mol. The van der Waals surface area contributed by atoms with Gasteiger partial charge in [0, 0.05) is 26.1 Å². The van der Waals surface area contributed by atoms with Crippen LogP contribution in [-0.2, 0) is 19.1 Å². The summed E-state index contributed by atoms with van der Waals surface area (Å²) < 4.78 is 10.8. The molecule has 5 nitrogen and oxygen atoms in total. The number of nitrogens with one attached hydrogen (secondary N) is 1. The third-order valence-electron chi connectivity index (χ3n) is 3.36. The normalized spacial score (nSPS) is 19.1. The molecule has 0 amide bonds. The first-order valence-electron chi connectivity index (χ1n) is 7.37. The van der Waals surface area contributed by atoms with Crippen molar-refractivity contribution in [3.63, 3.8) is 0 Å². The molecule has 6 heteroatoms. The van der Waals surface area contributed by atoms with E-state index in [9.17, 15) is 9.59 Å². The van der Waals surface area contributed by atoms with Crippen LogP contribution in [0.3, 0.4) is 0 Å². The SMILES string of the molecule is CCOC(CNC(=S)C1C(=O)CC(C)(C)CC1=O)OCC. The van der Waals surface area contributed by atoms with E-state index in [1.165, 1.54) is 0 Å². The first kappa shape index (κ1) is 18.2. The Bertz CT molecular complexity index is 382. The second-order valence-electron chi connectivity index (χ2n) is 5.97. The zero-order chi connectivity index (χ0) is 16.0. The lowest BCUT2D eigenvalue weighted by atomic mass is 9.71. The highest BCUT2D eigenvalue weighted by atomic mass is 32.1. The molecule has 21 heavy (non-hydrogen) atoms. The van der Waals surface area contributed by atoms with Crippen LogP contribution in [0.15, 0.2) is 0 Å². The van der Waals surface area contributed by atoms with Crippen molar-refractivity contribution in [2.45, 2.75) is 46.8 Å². The van der Waals surface area contributed by atoms with E-state index in [0.29, 0.717) is 32.6 Å². The molecule has 0 spiro atoms. The van der Waals surface area contributed by atoms with Gasteiger partial charge in [0.05, 0.1) is 11.5 Å². The maximum absolute atomic E-state index is 12.1. The minimum atomic E-state index is -0.808. The molecule has 0 radical (unpaired) electrons. The number of Topliss-reactive ketones (excluding diaryl/α,β-unsaturated/α-hetero) is 2. The van der Waals surface area contributed by atoms with Gasteiger partial charge in [0.1, 0.15) is 5.92 Å². The summed E-state index contributed by atoms with van der Waals surface area (Å²) >= 11 is 5.23. The molecular formula is C15H25NO4S. The van der Waals surface area contributed by atoms with Crippen LogP contribution in [0.5, 0.6) is 0 Å². The summed E-state index contributed by atoms with van der Waals surface area (Å²) in [4.78, 5) is 24.6. The van der Waals surface area contributed by atoms with E-state index in [2.05, 4.69) is 5.32 Å². The van der Waals surface area contributed by atoms with Crippen LogP contribution < -0.4 is 5.32 Å². The topological polar surface area (TPSA) is 64.6 Å². The van der Waals surface area contributed by atoms with Crippen LogP contribution >= 0.6 is 12.2 Å². The minimum Gasteiger partial charge on any atom is -0.374 e. The van der Waals surface area contributed by atoms with Gasteiger partial charge >= 0.3 is 0 Å². The van der Waals surface area contributed by atoms with Crippen LogP contribution in [0.2, 0.25) is 0 Å². The van der Waals surface area contributed by atoms with Crippen molar-refractivity contribution in [1.29, 1.82) is 0 Å². The molecule has 0 unspecified atom stereocenters. The molecule has 0 aromatic heterocycles. The fourth-order valence-corrected chi connectivity index (χ4v) is 2.85. The summed E-state index contributed by atoms with van der Waals surface area (Å²) in [6.07, 6.45) is 0.333. The number of thiocarbonyl (C=S) groups is 1. The van der Waals surface area contributed by atoms with Crippen molar-refractivity contribution < 1.29 is 19.1 Å². The Balaban J connectivity index is 2.58. The Morgan fingerprint density at radius 2 is 1.71 bits per heavy atom. The maximum Gasteiger partial charge on any atom is 0.174 e. The number of hydrogen-bond donors (Lipinski definition) is 1. The summed E-state index contributed by atoms with van der Waals surface area (Å²) in [5, 5.41) is 2.95. The minimum absolute atomic E-state index is 0.0990. The molecule has 0 atom stereocenters. The smallest absolute Gasteiger partial charge is 0.174 e. The highest BCUT2D eigenvalue weighted by Gasteiger charge is 2.41. The third kappa shape index (κ3) is 5.45. The van der Waals surface area contributed by atoms with Gasteiger partial charge in [-0.15, -0.1) is 0 Å². The maximum atomic E-state index is 12.1. The highest BCUT2D eigenvalue weighted by molar-refractivity contribution is 7.80. The van der Waals surface area contributed by atoms with Crippen molar-refractivity contribution in [3.8, 4) is 0 Å². The van der Waals surface area contributed by atoms with Crippen LogP contribution in [0, 0.1) is 11.3 Å². The van der Waals surface area contributed by atoms with Crippen molar-refractivity contribution in [1.82, 2.24) is 5.32 Å². The predicted molar refractivity (Wildman–Crippen MR) is 84.2 cm³/mol. The first-order valence-corrected chi connectivity index (χ1v) is 7.78. The third-order valence-corrected chi connectivity index (χ3v) is 3.74. The molecule has 1 aliphatic rings. The predicted octanol–water partition coefficient (Wildman–Crippen LogP) is 1.88. The molecule has 1 N–H and O–H groups in total. The molecule has 0 aromatic rings. The highest BCUT2D eigenvalue weighted by Crippen LogP contribution is 2.34. The zero-order valence-electron chi connectivity index (χ0n) is 13.2. The van der Waals surface area contributed by atoms with Gasteiger partial charge in [-0.25, -0.2) is 0 Å². The van der Waals surface area contributed by atoms with E-state index in [1.54, 1.807) is 0 Å².